The molecule has 0 bridgehead atoms. The minimum absolute atomic E-state index is 0.0505. The van der Waals surface area contributed by atoms with Crippen LogP contribution in [0.5, 0.6) is 0 Å². The Morgan fingerprint density at radius 1 is 1.43 bits per heavy atom. The number of nitrogens with zero attached hydrogens (tertiary/aromatic N) is 5. The highest BCUT2D eigenvalue weighted by molar-refractivity contribution is 5.92. The van der Waals surface area contributed by atoms with E-state index in [0.717, 1.165) is 16.8 Å². The van der Waals surface area contributed by atoms with E-state index in [9.17, 15) is 18.0 Å². The molecule has 2 aromatic heterocycles. The Bertz CT molecular complexity index is 682. The van der Waals surface area contributed by atoms with Gasteiger partial charge in [0.05, 0.1) is 11.8 Å². The molecular formula is C13H15F3N6O. The molecule has 10 heteroatoms. The summed E-state index contributed by atoms with van der Waals surface area (Å²) in [5.74, 6) is -0.264. The molecule has 1 unspecified atom stereocenters. The highest BCUT2D eigenvalue weighted by atomic mass is 19.4. The number of halogens is 3. The van der Waals surface area contributed by atoms with Crippen molar-refractivity contribution in [3.05, 3.63) is 35.8 Å². The van der Waals surface area contributed by atoms with Gasteiger partial charge in [-0.15, -0.1) is 5.10 Å². The summed E-state index contributed by atoms with van der Waals surface area (Å²) in [5.41, 5.74) is 4.68. The van der Waals surface area contributed by atoms with Crippen LogP contribution in [-0.2, 0) is 6.18 Å². The van der Waals surface area contributed by atoms with Crippen molar-refractivity contribution in [3.8, 4) is 5.82 Å². The van der Waals surface area contributed by atoms with Gasteiger partial charge in [-0.3, -0.25) is 4.79 Å². The predicted molar refractivity (Wildman–Crippen MR) is 74.8 cm³/mol. The van der Waals surface area contributed by atoms with E-state index in [2.05, 4.69) is 15.3 Å². The molecule has 0 saturated heterocycles. The molecule has 2 rings (SSSR count). The highest BCUT2D eigenvalue weighted by Crippen LogP contribution is 2.28. The van der Waals surface area contributed by atoms with Crippen LogP contribution in [-0.4, -0.2) is 50.4 Å². The Labute approximate surface area is 129 Å². The highest BCUT2D eigenvalue weighted by Gasteiger charge is 2.30. The molecule has 0 aliphatic rings. The number of likely N-dealkylation sites (N-methyl/N-ethyl adjacent to an activating group) is 1. The van der Waals surface area contributed by atoms with Gasteiger partial charge in [-0.2, -0.15) is 13.2 Å². The van der Waals surface area contributed by atoms with Gasteiger partial charge in [-0.25, -0.2) is 9.67 Å². The summed E-state index contributed by atoms with van der Waals surface area (Å²) in [6.07, 6.45) is -2.46. The minimum Gasteiger partial charge on any atom is -0.336 e. The minimum atomic E-state index is -4.46. The number of pyridine rings is 1. The van der Waals surface area contributed by atoms with Crippen LogP contribution in [0.2, 0.25) is 0 Å². The largest absolute Gasteiger partial charge is 0.417 e. The van der Waals surface area contributed by atoms with E-state index in [0.29, 0.717) is 6.20 Å². The van der Waals surface area contributed by atoms with Crippen molar-refractivity contribution < 1.29 is 18.0 Å². The molecular weight excluding hydrogens is 313 g/mol. The molecule has 0 aliphatic heterocycles. The van der Waals surface area contributed by atoms with Gasteiger partial charge in [0, 0.05) is 25.8 Å². The number of carbonyl (C=O) groups is 1. The number of hydrogen-bond donors (Lipinski definition) is 1. The van der Waals surface area contributed by atoms with Gasteiger partial charge in [-0.05, 0) is 19.1 Å². The van der Waals surface area contributed by atoms with Gasteiger partial charge in [-0.1, -0.05) is 5.21 Å². The fourth-order valence-electron chi connectivity index (χ4n) is 1.70. The number of rotatable bonds is 4. The Balaban J connectivity index is 2.21. The lowest BCUT2D eigenvalue weighted by Gasteiger charge is -2.22. The van der Waals surface area contributed by atoms with Crippen LogP contribution in [0.1, 0.15) is 23.0 Å². The zero-order chi connectivity index (χ0) is 17.2. The van der Waals surface area contributed by atoms with Crippen molar-refractivity contribution in [1.82, 2.24) is 24.9 Å². The van der Waals surface area contributed by atoms with Crippen LogP contribution in [0.3, 0.4) is 0 Å². The third kappa shape index (κ3) is 3.65. The lowest BCUT2D eigenvalue weighted by atomic mass is 10.2. The first-order valence-corrected chi connectivity index (χ1v) is 6.67. The van der Waals surface area contributed by atoms with Gasteiger partial charge >= 0.3 is 6.18 Å². The molecule has 1 amide bonds. The molecule has 124 valence electrons. The van der Waals surface area contributed by atoms with Crippen molar-refractivity contribution >= 4 is 5.91 Å². The van der Waals surface area contributed by atoms with Crippen LogP contribution >= 0.6 is 0 Å². The molecule has 0 aliphatic carbocycles. The SMILES string of the molecule is CC(CN)N(C)C(=O)c1cn(-c2ccc(C(F)(F)F)cn2)nn1. The lowest BCUT2D eigenvalue weighted by Crippen LogP contribution is -2.39. The maximum atomic E-state index is 12.5. The molecule has 0 saturated carbocycles. The van der Waals surface area contributed by atoms with E-state index in [4.69, 9.17) is 5.73 Å². The smallest absolute Gasteiger partial charge is 0.336 e. The van der Waals surface area contributed by atoms with Crippen molar-refractivity contribution in [1.29, 1.82) is 0 Å². The van der Waals surface area contributed by atoms with Gasteiger partial charge < -0.3 is 10.6 Å². The number of carbonyl (C=O) groups excluding carboxylic acids is 1. The average Bonchev–Trinajstić information content (AvgIpc) is 3.02. The summed E-state index contributed by atoms with van der Waals surface area (Å²) in [6, 6.07) is 1.85. The van der Waals surface area contributed by atoms with Crippen molar-refractivity contribution in [2.75, 3.05) is 13.6 Å². The van der Waals surface area contributed by atoms with E-state index in [1.54, 1.807) is 14.0 Å². The van der Waals surface area contributed by atoms with Crippen molar-refractivity contribution in [3.63, 3.8) is 0 Å². The van der Waals surface area contributed by atoms with E-state index in [1.165, 1.54) is 11.1 Å². The van der Waals surface area contributed by atoms with Gasteiger partial charge in [0.2, 0.25) is 0 Å². The molecule has 0 radical (unpaired) electrons. The quantitative estimate of drug-likeness (QED) is 0.908. The van der Waals surface area contributed by atoms with Gasteiger partial charge in [0.15, 0.2) is 11.5 Å². The first kappa shape index (κ1) is 16.9. The first-order valence-electron chi connectivity index (χ1n) is 6.67. The van der Waals surface area contributed by atoms with E-state index >= 15 is 0 Å². The number of aromatic nitrogens is 4. The maximum absolute atomic E-state index is 12.5. The molecule has 0 spiro atoms. The summed E-state index contributed by atoms with van der Waals surface area (Å²) in [6.45, 7) is 2.07. The molecule has 23 heavy (non-hydrogen) atoms. The van der Waals surface area contributed by atoms with Crippen LogP contribution in [0.15, 0.2) is 24.5 Å². The molecule has 2 aromatic rings. The monoisotopic (exact) mass is 328 g/mol. The fourth-order valence-corrected chi connectivity index (χ4v) is 1.70. The Morgan fingerprint density at radius 3 is 2.65 bits per heavy atom. The molecule has 1 atom stereocenters. The Hall–Kier alpha value is -2.49. The van der Waals surface area contributed by atoms with Crippen LogP contribution < -0.4 is 5.73 Å². The third-order valence-electron chi connectivity index (χ3n) is 3.35. The lowest BCUT2D eigenvalue weighted by molar-refractivity contribution is -0.137. The van der Waals surface area contributed by atoms with Crippen molar-refractivity contribution in [2.24, 2.45) is 5.73 Å². The molecule has 2 N–H and O–H groups in total. The number of nitrogens with two attached hydrogens (primary N) is 1. The zero-order valence-electron chi connectivity index (χ0n) is 12.4. The van der Waals surface area contributed by atoms with Crippen LogP contribution in [0, 0.1) is 0 Å². The molecule has 0 aromatic carbocycles. The molecule has 2 heterocycles. The standard InChI is InChI=1S/C13H15F3N6O/c1-8(5-17)21(2)12(23)10-7-22(20-19-10)11-4-3-9(6-18-11)13(14,15)16/h3-4,6-8H,5,17H2,1-2H3. The Kier molecular flexibility index (Phi) is 4.64. The van der Waals surface area contributed by atoms with E-state index in [-0.39, 0.29) is 30.0 Å². The fraction of sp³-hybridized carbons (Fsp3) is 0.385. The number of amides is 1. The summed E-state index contributed by atoms with van der Waals surface area (Å²) < 4.78 is 38.6. The van der Waals surface area contributed by atoms with Crippen LogP contribution in [0.4, 0.5) is 13.2 Å². The summed E-state index contributed by atoms with van der Waals surface area (Å²) in [5, 5.41) is 7.43. The Morgan fingerprint density at radius 2 is 2.13 bits per heavy atom. The normalized spacial score (nSPS) is 13.0. The molecule has 0 fully saturated rings. The van der Waals surface area contributed by atoms with E-state index in [1.807, 2.05) is 0 Å². The summed E-state index contributed by atoms with van der Waals surface area (Å²) >= 11 is 0. The topological polar surface area (TPSA) is 89.9 Å². The second kappa shape index (κ2) is 6.32. The van der Waals surface area contributed by atoms with Crippen LogP contribution in [0.25, 0.3) is 5.82 Å². The number of alkyl halides is 3. The third-order valence-corrected chi connectivity index (χ3v) is 3.35. The zero-order valence-corrected chi connectivity index (χ0v) is 12.4. The second-order valence-corrected chi connectivity index (χ2v) is 4.95. The molecule has 7 nitrogen and oxygen atoms in total. The summed E-state index contributed by atoms with van der Waals surface area (Å²) in [4.78, 5) is 17.3. The average molecular weight is 328 g/mol. The first-order chi connectivity index (χ1) is 10.7. The van der Waals surface area contributed by atoms with Gasteiger partial charge in [0.1, 0.15) is 0 Å². The number of hydrogen-bond acceptors (Lipinski definition) is 5. The van der Waals surface area contributed by atoms with E-state index < -0.39 is 11.7 Å². The van der Waals surface area contributed by atoms with Crippen molar-refractivity contribution in [2.45, 2.75) is 19.1 Å². The second-order valence-electron chi connectivity index (χ2n) is 4.95. The predicted octanol–water partition coefficient (Wildman–Crippen LogP) is 1.10. The summed E-state index contributed by atoms with van der Waals surface area (Å²) in [7, 11) is 1.58. The maximum Gasteiger partial charge on any atom is 0.417 e. The van der Waals surface area contributed by atoms with Gasteiger partial charge in [0.25, 0.3) is 5.91 Å².